The van der Waals surface area contributed by atoms with Gasteiger partial charge in [0.15, 0.2) is 0 Å². The molecule has 1 aliphatic heterocycles. The number of nitrogens with one attached hydrogen (secondary N) is 1. The molecule has 7 heteroatoms. The van der Waals surface area contributed by atoms with Crippen LogP contribution >= 0.6 is 0 Å². The van der Waals surface area contributed by atoms with Crippen molar-refractivity contribution in [2.24, 2.45) is 7.05 Å². The van der Waals surface area contributed by atoms with Crippen LogP contribution in [0, 0.1) is 0 Å². The van der Waals surface area contributed by atoms with E-state index >= 15 is 0 Å². The predicted octanol–water partition coefficient (Wildman–Crippen LogP) is 1.22. The van der Waals surface area contributed by atoms with Gasteiger partial charge in [0.1, 0.15) is 11.6 Å². The smallest absolute Gasteiger partial charge is 0.237 e. The van der Waals surface area contributed by atoms with Crippen molar-refractivity contribution < 1.29 is 9.21 Å². The Bertz CT molecular complexity index is 681. The van der Waals surface area contributed by atoms with Gasteiger partial charge in [-0.15, -0.1) is 0 Å². The van der Waals surface area contributed by atoms with Crippen molar-refractivity contribution in [3.8, 4) is 0 Å². The van der Waals surface area contributed by atoms with Crippen molar-refractivity contribution in [1.82, 2.24) is 24.7 Å². The molecule has 25 heavy (non-hydrogen) atoms. The zero-order valence-electron chi connectivity index (χ0n) is 15.2. The Morgan fingerprint density at radius 3 is 2.96 bits per heavy atom. The second-order valence-corrected chi connectivity index (χ2v) is 6.74. The van der Waals surface area contributed by atoms with E-state index < -0.39 is 0 Å². The van der Waals surface area contributed by atoms with Gasteiger partial charge in [0.25, 0.3) is 0 Å². The summed E-state index contributed by atoms with van der Waals surface area (Å²) in [4.78, 5) is 21.5. The number of hydrogen-bond acceptors (Lipinski definition) is 5. The first kappa shape index (κ1) is 17.7. The molecule has 0 aromatic carbocycles. The van der Waals surface area contributed by atoms with Gasteiger partial charge in [-0.05, 0) is 26.0 Å². The number of nitrogens with zero attached hydrogens (tertiary/aromatic N) is 4. The van der Waals surface area contributed by atoms with Crippen LogP contribution in [0.3, 0.4) is 0 Å². The highest BCUT2D eigenvalue weighted by Gasteiger charge is 2.30. The average Bonchev–Trinajstić information content (AvgIpc) is 3.26. The number of rotatable bonds is 6. The van der Waals surface area contributed by atoms with E-state index in [1.807, 2.05) is 38.5 Å². The molecule has 0 unspecified atom stereocenters. The van der Waals surface area contributed by atoms with E-state index in [1.54, 1.807) is 6.26 Å². The van der Waals surface area contributed by atoms with E-state index in [-0.39, 0.29) is 11.9 Å². The standard InChI is InChI=1S/C18H27N5O2/c1-14-12-23(9-8-22(14)13-17-19-6-7-21(17)3)15(2)18(24)20-11-16-5-4-10-25-16/h4-7,10,14-15H,8-9,11-13H2,1-3H3,(H,20,24)/t14-,15+/m0/s1. The van der Waals surface area contributed by atoms with Crippen LogP contribution in [0.4, 0.5) is 0 Å². The van der Waals surface area contributed by atoms with Gasteiger partial charge in [0, 0.05) is 45.1 Å². The van der Waals surface area contributed by atoms with Crippen molar-refractivity contribution in [1.29, 1.82) is 0 Å². The van der Waals surface area contributed by atoms with E-state index in [9.17, 15) is 4.79 Å². The molecule has 1 saturated heterocycles. The van der Waals surface area contributed by atoms with Gasteiger partial charge in [0.2, 0.25) is 5.91 Å². The van der Waals surface area contributed by atoms with Gasteiger partial charge in [-0.1, -0.05) is 0 Å². The minimum Gasteiger partial charge on any atom is -0.467 e. The summed E-state index contributed by atoms with van der Waals surface area (Å²) in [5.74, 6) is 1.89. The van der Waals surface area contributed by atoms with Crippen LogP contribution < -0.4 is 5.32 Å². The third kappa shape index (κ3) is 4.29. The van der Waals surface area contributed by atoms with Crippen LogP contribution in [-0.4, -0.2) is 57.0 Å². The topological polar surface area (TPSA) is 66.5 Å². The number of aromatic nitrogens is 2. The Hall–Kier alpha value is -2.12. The molecule has 2 aromatic heterocycles. The molecule has 1 fully saturated rings. The highest BCUT2D eigenvalue weighted by molar-refractivity contribution is 5.81. The molecular formula is C18H27N5O2. The average molecular weight is 345 g/mol. The highest BCUT2D eigenvalue weighted by atomic mass is 16.3. The summed E-state index contributed by atoms with van der Waals surface area (Å²) in [5.41, 5.74) is 0. The number of amides is 1. The molecule has 2 atom stereocenters. The van der Waals surface area contributed by atoms with E-state index in [1.165, 1.54) is 0 Å². The maximum atomic E-state index is 12.4. The number of carbonyl (C=O) groups is 1. The van der Waals surface area contributed by atoms with E-state index in [4.69, 9.17) is 4.42 Å². The van der Waals surface area contributed by atoms with Crippen LogP contribution in [0.2, 0.25) is 0 Å². The number of aryl methyl sites for hydroxylation is 1. The van der Waals surface area contributed by atoms with E-state index in [0.717, 1.165) is 37.8 Å². The van der Waals surface area contributed by atoms with Crippen molar-refractivity contribution >= 4 is 5.91 Å². The number of piperazine rings is 1. The first-order valence-electron chi connectivity index (χ1n) is 8.79. The number of hydrogen-bond donors (Lipinski definition) is 1. The molecule has 0 saturated carbocycles. The van der Waals surface area contributed by atoms with Crippen LogP contribution in [0.1, 0.15) is 25.4 Å². The Kier molecular flexibility index (Phi) is 5.55. The van der Waals surface area contributed by atoms with Crippen molar-refractivity contribution in [3.63, 3.8) is 0 Å². The predicted molar refractivity (Wildman–Crippen MR) is 94.7 cm³/mol. The second kappa shape index (κ2) is 7.84. The second-order valence-electron chi connectivity index (χ2n) is 6.74. The van der Waals surface area contributed by atoms with Crippen LogP contribution in [0.25, 0.3) is 0 Å². The lowest BCUT2D eigenvalue weighted by Gasteiger charge is -2.41. The number of furan rings is 1. The summed E-state index contributed by atoms with van der Waals surface area (Å²) < 4.78 is 7.32. The normalized spacial score (nSPS) is 20.5. The largest absolute Gasteiger partial charge is 0.467 e. The molecule has 7 nitrogen and oxygen atoms in total. The van der Waals surface area contributed by atoms with Gasteiger partial charge in [-0.3, -0.25) is 14.6 Å². The van der Waals surface area contributed by atoms with Gasteiger partial charge in [-0.2, -0.15) is 0 Å². The third-order valence-electron chi connectivity index (χ3n) is 5.01. The number of imidazole rings is 1. The quantitative estimate of drug-likeness (QED) is 0.853. The summed E-state index contributed by atoms with van der Waals surface area (Å²) in [6.45, 7) is 8.15. The number of carbonyl (C=O) groups excluding carboxylic acids is 1. The molecule has 0 spiro atoms. The molecule has 1 N–H and O–H groups in total. The molecule has 1 amide bonds. The van der Waals surface area contributed by atoms with E-state index in [2.05, 4.69) is 31.6 Å². The van der Waals surface area contributed by atoms with Gasteiger partial charge >= 0.3 is 0 Å². The first-order valence-corrected chi connectivity index (χ1v) is 8.79. The Morgan fingerprint density at radius 2 is 2.32 bits per heavy atom. The summed E-state index contributed by atoms with van der Waals surface area (Å²) in [6, 6.07) is 3.93. The Labute approximate surface area is 148 Å². The molecule has 0 radical (unpaired) electrons. The zero-order chi connectivity index (χ0) is 17.8. The molecule has 1 aliphatic rings. The fraction of sp³-hybridized carbons (Fsp3) is 0.556. The Balaban J connectivity index is 1.49. The minimum absolute atomic E-state index is 0.0427. The zero-order valence-corrected chi connectivity index (χ0v) is 15.2. The lowest BCUT2D eigenvalue weighted by Crippen LogP contribution is -2.57. The summed E-state index contributed by atoms with van der Waals surface area (Å²) >= 11 is 0. The van der Waals surface area contributed by atoms with Crippen molar-refractivity contribution in [3.05, 3.63) is 42.4 Å². The van der Waals surface area contributed by atoms with Gasteiger partial charge in [-0.25, -0.2) is 4.98 Å². The Morgan fingerprint density at radius 1 is 1.48 bits per heavy atom. The summed E-state index contributed by atoms with van der Waals surface area (Å²) in [7, 11) is 2.02. The maximum Gasteiger partial charge on any atom is 0.237 e. The molecule has 0 aliphatic carbocycles. The monoisotopic (exact) mass is 345 g/mol. The summed E-state index contributed by atoms with van der Waals surface area (Å²) in [5, 5.41) is 2.95. The molecule has 2 aromatic rings. The third-order valence-corrected chi connectivity index (χ3v) is 5.01. The molecule has 136 valence electrons. The molecular weight excluding hydrogens is 318 g/mol. The fourth-order valence-electron chi connectivity index (χ4n) is 3.24. The fourth-order valence-corrected chi connectivity index (χ4v) is 3.24. The van der Waals surface area contributed by atoms with Crippen molar-refractivity contribution in [2.45, 2.75) is 39.0 Å². The van der Waals surface area contributed by atoms with Crippen molar-refractivity contribution in [2.75, 3.05) is 19.6 Å². The van der Waals surface area contributed by atoms with Gasteiger partial charge in [0.05, 0.1) is 25.4 Å². The van der Waals surface area contributed by atoms with Crippen LogP contribution in [0.15, 0.2) is 35.2 Å². The van der Waals surface area contributed by atoms with Gasteiger partial charge < -0.3 is 14.3 Å². The SMILES string of the molecule is C[C@H](C(=O)NCc1ccco1)N1CCN(Cc2nccn2C)[C@@H](C)C1. The highest BCUT2D eigenvalue weighted by Crippen LogP contribution is 2.15. The molecule has 0 bridgehead atoms. The lowest BCUT2D eigenvalue weighted by molar-refractivity contribution is -0.127. The van der Waals surface area contributed by atoms with E-state index in [0.29, 0.717) is 12.6 Å². The van der Waals surface area contributed by atoms with Crippen LogP contribution in [-0.2, 0) is 24.9 Å². The molecule has 3 rings (SSSR count). The maximum absolute atomic E-state index is 12.4. The first-order chi connectivity index (χ1) is 12.0. The minimum atomic E-state index is -0.146. The summed E-state index contributed by atoms with van der Waals surface area (Å²) in [6.07, 6.45) is 5.43. The lowest BCUT2D eigenvalue weighted by atomic mass is 10.1. The molecule has 3 heterocycles. The van der Waals surface area contributed by atoms with Crippen LogP contribution in [0.5, 0.6) is 0 Å².